The number of benzene rings is 3. The van der Waals surface area contributed by atoms with Gasteiger partial charge in [-0.15, -0.1) is 0 Å². The first-order chi connectivity index (χ1) is 15.1. The first-order valence-electron chi connectivity index (χ1n) is 11.8. The molecule has 0 spiro atoms. The molecule has 31 heavy (non-hydrogen) atoms. The fraction of sp³-hybridized carbons (Fsp3) is 0.379. The van der Waals surface area contributed by atoms with Gasteiger partial charge in [0.1, 0.15) is 11.6 Å². The normalized spacial score (nSPS) is 18.8. The van der Waals surface area contributed by atoms with E-state index in [9.17, 15) is 0 Å². The predicted molar refractivity (Wildman–Crippen MR) is 126 cm³/mol. The monoisotopic (exact) mass is 418 g/mol. The van der Waals surface area contributed by atoms with E-state index in [1.165, 1.54) is 30.5 Å². The van der Waals surface area contributed by atoms with Crippen LogP contribution in [0, 0.1) is 17.6 Å². The van der Waals surface area contributed by atoms with Crippen molar-refractivity contribution in [1.29, 1.82) is 0 Å². The van der Waals surface area contributed by atoms with Crippen LogP contribution in [-0.4, -0.2) is 0 Å². The average molecular weight is 419 g/mol. The van der Waals surface area contributed by atoms with Crippen molar-refractivity contribution in [3.63, 3.8) is 0 Å². The molecule has 0 unspecified atom stereocenters. The molecule has 0 atom stereocenters. The van der Waals surface area contributed by atoms with Crippen LogP contribution in [0.3, 0.4) is 0 Å². The summed E-state index contributed by atoms with van der Waals surface area (Å²) in [5.74, 6) is 0.282. The molecule has 3 aromatic rings. The van der Waals surface area contributed by atoms with Crippen molar-refractivity contribution in [2.24, 2.45) is 5.92 Å². The van der Waals surface area contributed by atoms with Crippen LogP contribution in [0.4, 0.5) is 8.78 Å². The maximum Gasteiger partial charge on any atom is 0.131 e. The van der Waals surface area contributed by atoms with E-state index in [0.29, 0.717) is 11.1 Å². The first kappa shape index (κ1) is 21.7. The van der Waals surface area contributed by atoms with Gasteiger partial charge >= 0.3 is 0 Å². The third-order valence-corrected chi connectivity index (χ3v) is 6.96. The minimum Gasteiger partial charge on any atom is -0.207 e. The molecule has 0 bridgehead atoms. The van der Waals surface area contributed by atoms with E-state index in [-0.39, 0.29) is 17.6 Å². The van der Waals surface area contributed by atoms with Gasteiger partial charge in [0.05, 0.1) is 0 Å². The summed E-state index contributed by atoms with van der Waals surface area (Å²) in [7, 11) is 0. The summed E-state index contributed by atoms with van der Waals surface area (Å²) in [6, 6.07) is 18.9. The molecule has 1 fully saturated rings. The molecule has 162 valence electrons. The Morgan fingerprint density at radius 2 is 1.42 bits per heavy atom. The largest absolute Gasteiger partial charge is 0.207 e. The van der Waals surface area contributed by atoms with Gasteiger partial charge < -0.3 is 0 Å². The highest BCUT2D eigenvalue weighted by molar-refractivity contribution is 5.83. The molecule has 0 N–H and O–H groups in total. The van der Waals surface area contributed by atoms with Crippen molar-refractivity contribution < 1.29 is 8.78 Å². The van der Waals surface area contributed by atoms with Crippen molar-refractivity contribution in [1.82, 2.24) is 0 Å². The molecule has 3 aromatic carbocycles. The van der Waals surface area contributed by atoms with Crippen LogP contribution in [0.5, 0.6) is 0 Å². The van der Waals surface area contributed by atoms with Crippen molar-refractivity contribution in [3.8, 4) is 22.3 Å². The Kier molecular flexibility index (Phi) is 6.85. The second-order valence-electron chi connectivity index (χ2n) is 8.96. The summed E-state index contributed by atoms with van der Waals surface area (Å²) in [6.07, 6.45) is 7.59. The predicted octanol–water partition coefficient (Wildman–Crippen LogP) is 8.94. The molecule has 0 nitrogen and oxygen atoms in total. The van der Waals surface area contributed by atoms with E-state index in [1.54, 1.807) is 0 Å². The van der Waals surface area contributed by atoms with E-state index in [4.69, 9.17) is 0 Å². The minimum absolute atomic E-state index is 0.133. The van der Waals surface area contributed by atoms with Gasteiger partial charge in [-0.1, -0.05) is 75.2 Å². The van der Waals surface area contributed by atoms with E-state index in [0.717, 1.165) is 54.7 Å². The number of hydrogen-bond acceptors (Lipinski definition) is 0. The lowest BCUT2D eigenvalue weighted by molar-refractivity contribution is 0.304. The fourth-order valence-corrected chi connectivity index (χ4v) is 5.14. The van der Waals surface area contributed by atoms with Crippen molar-refractivity contribution in [3.05, 3.63) is 83.4 Å². The highest BCUT2D eigenvalue weighted by Crippen LogP contribution is 2.41. The molecule has 2 heteroatoms. The molecular formula is C29H32F2. The smallest absolute Gasteiger partial charge is 0.131 e. The lowest BCUT2D eigenvalue weighted by Crippen LogP contribution is -2.14. The third kappa shape index (κ3) is 4.74. The highest BCUT2D eigenvalue weighted by Gasteiger charge is 2.25. The van der Waals surface area contributed by atoms with Crippen LogP contribution in [0.15, 0.2) is 60.7 Å². The summed E-state index contributed by atoms with van der Waals surface area (Å²) in [6.45, 7) is 4.34. The molecule has 1 aliphatic carbocycles. The minimum atomic E-state index is -0.329. The first-order valence-corrected chi connectivity index (χ1v) is 11.8. The molecule has 0 aliphatic heterocycles. The maximum absolute atomic E-state index is 15.3. The molecule has 0 aromatic heterocycles. The number of halogens is 2. The van der Waals surface area contributed by atoms with Crippen LogP contribution < -0.4 is 0 Å². The summed E-state index contributed by atoms with van der Waals surface area (Å²) in [4.78, 5) is 0. The fourth-order valence-electron chi connectivity index (χ4n) is 5.14. The summed E-state index contributed by atoms with van der Waals surface area (Å²) in [5, 5.41) is 0. The summed E-state index contributed by atoms with van der Waals surface area (Å²) in [5.41, 5.74) is 4.84. The Morgan fingerprint density at radius 1 is 0.742 bits per heavy atom. The van der Waals surface area contributed by atoms with Crippen molar-refractivity contribution >= 4 is 0 Å². The number of rotatable bonds is 6. The second-order valence-corrected chi connectivity index (χ2v) is 8.96. The van der Waals surface area contributed by atoms with Crippen LogP contribution in [0.2, 0.25) is 0 Å². The molecule has 0 heterocycles. The summed E-state index contributed by atoms with van der Waals surface area (Å²) >= 11 is 0. The molecule has 0 amide bonds. The Bertz CT molecular complexity index is 1010. The van der Waals surface area contributed by atoms with Crippen LogP contribution in [0.25, 0.3) is 22.3 Å². The third-order valence-electron chi connectivity index (χ3n) is 6.96. The topological polar surface area (TPSA) is 0 Å². The molecule has 4 rings (SSSR count). The molecule has 1 saturated carbocycles. The lowest BCUT2D eigenvalue weighted by Gasteiger charge is -2.29. The highest BCUT2D eigenvalue weighted by atomic mass is 19.1. The zero-order chi connectivity index (χ0) is 21.8. The maximum atomic E-state index is 15.3. The van der Waals surface area contributed by atoms with E-state index in [1.807, 2.05) is 24.3 Å². The van der Waals surface area contributed by atoms with Crippen molar-refractivity contribution in [2.45, 2.75) is 64.7 Å². The molecule has 0 radical (unpaired) electrons. The van der Waals surface area contributed by atoms with Gasteiger partial charge in [-0.05, 0) is 83.9 Å². The van der Waals surface area contributed by atoms with Crippen LogP contribution >= 0.6 is 0 Å². The molecule has 0 saturated heterocycles. The quantitative estimate of drug-likeness (QED) is 0.375. The van der Waals surface area contributed by atoms with Gasteiger partial charge in [0.2, 0.25) is 0 Å². The number of aryl methyl sites for hydroxylation is 1. The average Bonchev–Trinajstić information content (AvgIpc) is 2.81. The van der Waals surface area contributed by atoms with Crippen LogP contribution in [0.1, 0.15) is 69.4 Å². The van der Waals surface area contributed by atoms with Crippen LogP contribution in [-0.2, 0) is 6.42 Å². The van der Waals surface area contributed by atoms with E-state index < -0.39 is 0 Å². The Labute approximate surface area is 185 Å². The van der Waals surface area contributed by atoms with Gasteiger partial charge in [-0.2, -0.15) is 0 Å². The Balaban J connectivity index is 1.65. The van der Waals surface area contributed by atoms with Gasteiger partial charge in [0, 0.05) is 5.56 Å². The summed E-state index contributed by atoms with van der Waals surface area (Å²) < 4.78 is 30.5. The SMILES string of the molecule is CCCC1CCC(c2cc(F)c(-c3ccccc3-c3ccc(CC)cc3)cc2F)CC1. The zero-order valence-corrected chi connectivity index (χ0v) is 18.6. The van der Waals surface area contributed by atoms with Gasteiger partial charge in [0.15, 0.2) is 0 Å². The standard InChI is InChI=1S/C29H32F2/c1-3-7-21-12-16-23(17-13-21)26-18-29(31)27(19-28(26)30)25-9-6-5-8-24(25)22-14-10-20(4-2)11-15-22/h5-6,8-11,14-15,18-19,21,23H,3-4,7,12-13,16-17H2,1-2H3. The second kappa shape index (κ2) is 9.77. The lowest BCUT2D eigenvalue weighted by atomic mass is 9.77. The van der Waals surface area contributed by atoms with E-state index in [2.05, 4.69) is 38.1 Å². The van der Waals surface area contributed by atoms with Gasteiger partial charge in [-0.25, -0.2) is 8.78 Å². The molecular weight excluding hydrogens is 386 g/mol. The Hall–Kier alpha value is -2.48. The number of hydrogen-bond donors (Lipinski definition) is 0. The zero-order valence-electron chi connectivity index (χ0n) is 18.6. The van der Waals surface area contributed by atoms with E-state index >= 15 is 8.78 Å². The Morgan fingerprint density at radius 3 is 2.06 bits per heavy atom. The van der Waals surface area contributed by atoms with Gasteiger partial charge in [-0.3, -0.25) is 0 Å². The van der Waals surface area contributed by atoms with Crippen molar-refractivity contribution in [2.75, 3.05) is 0 Å². The molecule has 1 aliphatic rings. The van der Waals surface area contributed by atoms with Gasteiger partial charge in [0.25, 0.3) is 0 Å².